The highest BCUT2D eigenvalue weighted by atomic mass is 32.1. The van der Waals surface area contributed by atoms with Crippen molar-refractivity contribution in [2.45, 2.75) is 13.8 Å². The number of nitrogens with zero attached hydrogens (tertiary/aromatic N) is 2. The first kappa shape index (κ1) is 19.4. The number of para-hydroxylation sites is 1. The van der Waals surface area contributed by atoms with E-state index in [0.29, 0.717) is 30.6 Å². The largest absolute Gasteiger partial charge is 0.494 e. The number of rotatable bonds is 8. The van der Waals surface area contributed by atoms with Gasteiger partial charge in [0.15, 0.2) is 5.13 Å². The summed E-state index contributed by atoms with van der Waals surface area (Å²) < 4.78 is 17.2. The molecule has 27 heavy (non-hydrogen) atoms. The van der Waals surface area contributed by atoms with Crippen LogP contribution in [0.15, 0.2) is 30.2 Å². The van der Waals surface area contributed by atoms with Crippen LogP contribution < -0.4 is 14.5 Å². The maximum Gasteiger partial charge on any atom is 0.298 e. The van der Waals surface area contributed by atoms with Crippen LogP contribution in [0.4, 0.5) is 5.13 Å². The summed E-state index contributed by atoms with van der Waals surface area (Å²) in [5.74, 6) is 0.703. The lowest BCUT2D eigenvalue weighted by molar-refractivity contribution is -0.894. The highest BCUT2D eigenvalue weighted by Crippen LogP contribution is 2.34. The molecule has 1 N–H and O–H groups in total. The molecule has 0 aliphatic carbocycles. The molecule has 0 spiro atoms. The number of nitrogens with one attached hydrogen (secondary N) is 1. The highest BCUT2D eigenvalue weighted by molar-refractivity contribution is 7.22. The minimum absolute atomic E-state index is 0.223. The molecule has 1 aromatic heterocycles. The average molecular weight is 393 g/mol. The summed E-state index contributed by atoms with van der Waals surface area (Å²) >= 11 is 1.48. The SMILES string of the molecule is CC[NH+](CC)CCN(C(=O)C1=COCCO1)c1nc2c(OC)cccc2s1. The number of fused-ring (bicyclic) bond motifs is 1. The maximum absolute atomic E-state index is 13.1. The quantitative estimate of drug-likeness (QED) is 0.737. The summed E-state index contributed by atoms with van der Waals surface area (Å²) in [5, 5.41) is 0.640. The summed E-state index contributed by atoms with van der Waals surface area (Å²) in [7, 11) is 1.62. The van der Waals surface area contributed by atoms with Crippen LogP contribution in [-0.2, 0) is 14.3 Å². The Morgan fingerprint density at radius 2 is 2.15 bits per heavy atom. The molecule has 2 aromatic rings. The first-order chi connectivity index (χ1) is 13.2. The minimum atomic E-state index is -0.223. The predicted molar refractivity (Wildman–Crippen MR) is 105 cm³/mol. The molecule has 0 saturated carbocycles. The van der Waals surface area contributed by atoms with E-state index in [1.54, 1.807) is 12.0 Å². The maximum atomic E-state index is 13.1. The summed E-state index contributed by atoms with van der Waals surface area (Å²) in [6.45, 7) is 8.53. The zero-order chi connectivity index (χ0) is 19.2. The van der Waals surface area contributed by atoms with Gasteiger partial charge in [0, 0.05) is 0 Å². The lowest BCUT2D eigenvalue weighted by Crippen LogP contribution is -3.12. The lowest BCUT2D eigenvalue weighted by atomic mass is 10.3. The van der Waals surface area contributed by atoms with Crippen molar-refractivity contribution >= 4 is 32.6 Å². The van der Waals surface area contributed by atoms with E-state index in [9.17, 15) is 4.79 Å². The molecule has 0 atom stereocenters. The highest BCUT2D eigenvalue weighted by Gasteiger charge is 2.27. The number of quaternary nitrogens is 1. The number of carbonyl (C=O) groups is 1. The molecule has 1 aliphatic heterocycles. The number of thiazole rings is 1. The Hall–Kier alpha value is -2.32. The van der Waals surface area contributed by atoms with Crippen molar-refractivity contribution in [3.63, 3.8) is 0 Å². The summed E-state index contributed by atoms with van der Waals surface area (Å²) in [5.41, 5.74) is 0.766. The van der Waals surface area contributed by atoms with Gasteiger partial charge in [0.25, 0.3) is 5.91 Å². The number of likely N-dealkylation sites (N-methyl/N-ethyl adjacent to an activating group) is 1. The normalized spacial score (nSPS) is 13.9. The summed E-state index contributed by atoms with van der Waals surface area (Å²) in [4.78, 5) is 20.9. The molecule has 8 heteroatoms. The minimum Gasteiger partial charge on any atom is -0.494 e. The van der Waals surface area contributed by atoms with E-state index >= 15 is 0 Å². The molecule has 1 aliphatic rings. The molecule has 3 rings (SSSR count). The van der Waals surface area contributed by atoms with Crippen LogP contribution in [0.2, 0.25) is 0 Å². The molecule has 1 aromatic carbocycles. The molecule has 7 nitrogen and oxygen atoms in total. The van der Waals surface area contributed by atoms with Crippen LogP contribution in [0.3, 0.4) is 0 Å². The number of anilines is 1. The number of amides is 1. The Labute approximate surface area is 163 Å². The molecular formula is C19H26N3O4S+. The van der Waals surface area contributed by atoms with Gasteiger partial charge in [-0.1, -0.05) is 17.4 Å². The average Bonchev–Trinajstić information content (AvgIpc) is 3.15. The van der Waals surface area contributed by atoms with Crippen molar-refractivity contribution < 1.29 is 23.9 Å². The predicted octanol–water partition coefficient (Wildman–Crippen LogP) is 1.45. The van der Waals surface area contributed by atoms with Gasteiger partial charge >= 0.3 is 0 Å². The Balaban J connectivity index is 1.93. The van der Waals surface area contributed by atoms with E-state index < -0.39 is 0 Å². The Morgan fingerprint density at radius 3 is 2.81 bits per heavy atom. The van der Waals surface area contributed by atoms with Gasteiger partial charge in [-0.15, -0.1) is 0 Å². The molecule has 146 valence electrons. The molecule has 2 heterocycles. The van der Waals surface area contributed by atoms with Crippen LogP contribution in [0.5, 0.6) is 5.75 Å². The Morgan fingerprint density at radius 1 is 1.33 bits per heavy atom. The molecule has 0 saturated heterocycles. The van der Waals surface area contributed by atoms with Crippen molar-refractivity contribution in [2.75, 3.05) is 51.4 Å². The molecule has 0 fully saturated rings. The monoisotopic (exact) mass is 392 g/mol. The van der Waals surface area contributed by atoms with Crippen molar-refractivity contribution in [3.8, 4) is 5.75 Å². The van der Waals surface area contributed by atoms with Gasteiger partial charge in [0.1, 0.15) is 30.7 Å². The second kappa shape index (κ2) is 9.05. The van der Waals surface area contributed by atoms with Crippen LogP contribution in [0.1, 0.15) is 13.8 Å². The van der Waals surface area contributed by atoms with Crippen molar-refractivity contribution in [3.05, 3.63) is 30.2 Å². The van der Waals surface area contributed by atoms with Crippen LogP contribution >= 0.6 is 11.3 Å². The fourth-order valence-corrected chi connectivity index (χ4v) is 3.97. The third kappa shape index (κ3) is 4.33. The number of hydrogen-bond acceptors (Lipinski definition) is 6. The molecule has 0 unspecified atom stereocenters. The van der Waals surface area contributed by atoms with E-state index in [4.69, 9.17) is 19.2 Å². The van der Waals surface area contributed by atoms with Gasteiger partial charge in [0.05, 0.1) is 38.0 Å². The molecule has 1 amide bonds. The number of hydrogen-bond donors (Lipinski definition) is 1. The van der Waals surface area contributed by atoms with E-state index in [-0.39, 0.29) is 11.7 Å². The number of benzene rings is 1. The van der Waals surface area contributed by atoms with Gasteiger partial charge in [-0.25, -0.2) is 4.98 Å². The van der Waals surface area contributed by atoms with Gasteiger partial charge in [-0.05, 0) is 26.0 Å². The second-order valence-electron chi connectivity index (χ2n) is 6.17. The topological polar surface area (TPSA) is 65.3 Å². The zero-order valence-corrected chi connectivity index (χ0v) is 16.8. The Bertz CT molecular complexity index is 816. The van der Waals surface area contributed by atoms with Crippen molar-refractivity contribution in [2.24, 2.45) is 0 Å². The van der Waals surface area contributed by atoms with Gasteiger partial charge in [-0.3, -0.25) is 9.69 Å². The van der Waals surface area contributed by atoms with Gasteiger partial charge in [-0.2, -0.15) is 0 Å². The number of ether oxygens (including phenoxy) is 3. The first-order valence-corrected chi connectivity index (χ1v) is 10.0. The second-order valence-corrected chi connectivity index (χ2v) is 7.18. The molecule has 0 bridgehead atoms. The van der Waals surface area contributed by atoms with Crippen LogP contribution in [0, 0.1) is 0 Å². The van der Waals surface area contributed by atoms with Crippen molar-refractivity contribution in [1.29, 1.82) is 0 Å². The number of carbonyl (C=O) groups excluding carboxylic acids is 1. The number of methoxy groups -OCH3 is 1. The fraction of sp³-hybridized carbons (Fsp3) is 0.474. The van der Waals surface area contributed by atoms with E-state index in [2.05, 4.69) is 13.8 Å². The van der Waals surface area contributed by atoms with Gasteiger partial charge in [0.2, 0.25) is 5.76 Å². The molecular weight excluding hydrogens is 366 g/mol. The summed E-state index contributed by atoms with van der Waals surface area (Å²) in [6, 6.07) is 5.78. The first-order valence-electron chi connectivity index (χ1n) is 9.21. The van der Waals surface area contributed by atoms with Crippen molar-refractivity contribution in [1.82, 2.24) is 4.98 Å². The third-order valence-corrected chi connectivity index (χ3v) is 5.66. The smallest absolute Gasteiger partial charge is 0.298 e. The van der Waals surface area contributed by atoms with E-state index in [0.717, 1.165) is 29.9 Å². The number of aromatic nitrogens is 1. The standard InChI is InChI=1S/C19H25N3O4S/c1-4-21(5-2)9-10-22(18(23)15-13-25-11-12-26-15)19-20-17-14(24-3)7-6-8-16(17)27-19/h6-8,13H,4-5,9-12H2,1-3H3/p+1. The fourth-order valence-electron chi connectivity index (χ4n) is 2.96. The van der Waals surface area contributed by atoms with Crippen LogP contribution in [-0.4, -0.2) is 57.4 Å². The van der Waals surface area contributed by atoms with Crippen LogP contribution in [0.25, 0.3) is 10.2 Å². The third-order valence-electron chi connectivity index (χ3n) is 4.62. The van der Waals surface area contributed by atoms with E-state index in [1.165, 1.54) is 22.5 Å². The Kier molecular flexibility index (Phi) is 6.52. The zero-order valence-electron chi connectivity index (χ0n) is 16.0. The van der Waals surface area contributed by atoms with Gasteiger partial charge < -0.3 is 19.1 Å². The molecule has 0 radical (unpaired) electrons. The lowest BCUT2D eigenvalue weighted by Gasteiger charge is -2.24. The summed E-state index contributed by atoms with van der Waals surface area (Å²) in [6.07, 6.45) is 1.40. The van der Waals surface area contributed by atoms with E-state index in [1.807, 2.05) is 18.2 Å².